The van der Waals surface area contributed by atoms with Gasteiger partial charge in [0.2, 0.25) is 5.91 Å². The van der Waals surface area contributed by atoms with Gasteiger partial charge in [-0.2, -0.15) is 5.10 Å². The summed E-state index contributed by atoms with van der Waals surface area (Å²) in [5.74, 6) is 0.192. The van der Waals surface area contributed by atoms with Crippen LogP contribution < -0.4 is 0 Å². The van der Waals surface area contributed by atoms with Crippen molar-refractivity contribution in [1.29, 1.82) is 0 Å². The Labute approximate surface area is 196 Å². The number of carbonyl (C=O) groups excluding carboxylic acids is 1. The second-order valence-electron chi connectivity index (χ2n) is 8.54. The van der Waals surface area contributed by atoms with Crippen molar-refractivity contribution >= 4 is 5.91 Å². The Bertz CT molecular complexity index is 1160. The van der Waals surface area contributed by atoms with Crippen molar-refractivity contribution in [3.8, 4) is 5.69 Å². The Morgan fingerprint density at radius 1 is 0.788 bits per heavy atom. The SMILES string of the molecule is Cc1cc(C)n(-c2ccc(CCC(=O)N(CCc3ccccc3)Cc3ccccc3)cc2)n1. The van der Waals surface area contributed by atoms with Crippen LogP contribution in [0, 0.1) is 13.8 Å². The van der Waals surface area contributed by atoms with Crippen LogP contribution in [-0.4, -0.2) is 27.1 Å². The van der Waals surface area contributed by atoms with E-state index in [-0.39, 0.29) is 5.91 Å². The summed E-state index contributed by atoms with van der Waals surface area (Å²) in [6, 6.07) is 31.0. The molecular weight excluding hydrogens is 406 g/mol. The fraction of sp³-hybridized carbons (Fsp3) is 0.241. The first-order valence-corrected chi connectivity index (χ1v) is 11.6. The van der Waals surface area contributed by atoms with Gasteiger partial charge in [0.05, 0.1) is 11.4 Å². The number of carbonyl (C=O) groups is 1. The average molecular weight is 438 g/mol. The highest BCUT2D eigenvalue weighted by atomic mass is 16.2. The van der Waals surface area contributed by atoms with Crippen LogP contribution in [0.25, 0.3) is 5.69 Å². The minimum atomic E-state index is 0.192. The van der Waals surface area contributed by atoms with E-state index in [1.54, 1.807) is 0 Å². The molecule has 168 valence electrons. The molecule has 4 aromatic rings. The van der Waals surface area contributed by atoms with Crippen molar-refractivity contribution in [1.82, 2.24) is 14.7 Å². The van der Waals surface area contributed by atoms with E-state index in [9.17, 15) is 4.79 Å². The predicted molar refractivity (Wildman–Crippen MR) is 133 cm³/mol. The maximum atomic E-state index is 13.2. The van der Waals surface area contributed by atoms with Gasteiger partial charge in [-0.3, -0.25) is 4.79 Å². The summed E-state index contributed by atoms with van der Waals surface area (Å²) in [5, 5.41) is 4.55. The van der Waals surface area contributed by atoms with Gasteiger partial charge in [0.1, 0.15) is 0 Å². The van der Waals surface area contributed by atoms with Gasteiger partial charge in [-0.05, 0) is 61.6 Å². The first kappa shape index (κ1) is 22.5. The smallest absolute Gasteiger partial charge is 0.223 e. The number of amides is 1. The molecule has 0 saturated heterocycles. The normalized spacial score (nSPS) is 10.8. The number of rotatable bonds is 9. The molecule has 0 N–H and O–H groups in total. The highest BCUT2D eigenvalue weighted by molar-refractivity contribution is 5.76. The van der Waals surface area contributed by atoms with Crippen LogP contribution >= 0.6 is 0 Å². The van der Waals surface area contributed by atoms with E-state index in [0.29, 0.717) is 19.5 Å². The third-order valence-electron chi connectivity index (χ3n) is 5.90. The van der Waals surface area contributed by atoms with Gasteiger partial charge in [-0.15, -0.1) is 0 Å². The van der Waals surface area contributed by atoms with E-state index < -0.39 is 0 Å². The fourth-order valence-corrected chi connectivity index (χ4v) is 4.11. The van der Waals surface area contributed by atoms with Gasteiger partial charge in [0, 0.05) is 25.2 Å². The topological polar surface area (TPSA) is 38.1 Å². The summed E-state index contributed by atoms with van der Waals surface area (Å²) in [7, 11) is 0. The Morgan fingerprint density at radius 2 is 1.39 bits per heavy atom. The lowest BCUT2D eigenvalue weighted by Crippen LogP contribution is -2.32. The van der Waals surface area contributed by atoms with Crippen molar-refractivity contribution in [2.24, 2.45) is 0 Å². The van der Waals surface area contributed by atoms with E-state index in [2.05, 4.69) is 78.8 Å². The quantitative estimate of drug-likeness (QED) is 0.337. The molecule has 4 heteroatoms. The molecule has 0 aliphatic carbocycles. The summed E-state index contributed by atoms with van der Waals surface area (Å²) >= 11 is 0. The zero-order valence-electron chi connectivity index (χ0n) is 19.4. The fourth-order valence-electron chi connectivity index (χ4n) is 4.11. The molecule has 0 bridgehead atoms. The van der Waals surface area contributed by atoms with E-state index in [0.717, 1.165) is 41.0 Å². The second-order valence-corrected chi connectivity index (χ2v) is 8.54. The van der Waals surface area contributed by atoms with Gasteiger partial charge >= 0.3 is 0 Å². The van der Waals surface area contributed by atoms with Crippen LogP contribution in [-0.2, 0) is 24.2 Å². The molecule has 0 radical (unpaired) electrons. The lowest BCUT2D eigenvalue weighted by atomic mass is 10.1. The summed E-state index contributed by atoms with van der Waals surface area (Å²) in [6.07, 6.45) is 2.09. The number of aromatic nitrogens is 2. The molecule has 1 amide bonds. The second kappa shape index (κ2) is 10.8. The van der Waals surface area contributed by atoms with Crippen molar-refractivity contribution < 1.29 is 4.79 Å². The van der Waals surface area contributed by atoms with Crippen LogP contribution in [0.15, 0.2) is 91.0 Å². The van der Waals surface area contributed by atoms with E-state index >= 15 is 0 Å². The van der Waals surface area contributed by atoms with Gasteiger partial charge in [-0.25, -0.2) is 4.68 Å². The van der Waals surface area contributed by atoms with Crippen LogP contribution in [0.1, 0.15) is 34.5 Å². The standard InChI is InChI=1S/C29H31N3O/c1-23-21-24(2)32(30-23)28-16-13-26(14-17-28)15-18-29(33)31(22-27-11-7-4-8-12-27)20-19-25-9-5-3-6-10-25/h3-14,16-17,21H,15,18-20,22H2,1-2H3. The molecule has 0 saturated carbocycles. The monoisotopic (exact) mass is 437 g/mol. The average Bonchev–Trinajstić information content (AvgIpc) is 3.19. The molecule has 1 aromatic heterocycles. The Morgan fingerprint density at radius 3 is 2.00 bits per heavy atom. The molecule has 0 unspecified atom stereocenters. The zero-order valence-corrected chi connectivity index (χ0v) is 19.4. The number of nitrogens with zero attached hydrogens (tertiary/aromatic N) is 3. The van der Waals surface area contributed by atoms with Crippen LogP contribution in [0.5, 0.6) is 0 Å². The molecule has 0 spiro atoms. The van der Waals surface area contributed by atoms with Gasteiger partial charge < -0.3 is 4.90 Å². The highest BCUT2D eigenvalue weighted by Gasteiger charge is 2.14. The summed E-state index contributed by atoms with van der Waals surface area (Å²) in [5.41, 5.74) is 6.75. The number of aryl methyl sites for hydroxylation is 3. The Balaban J connectivity index is 1.39. The molecule has 0 atom stereocenters. The minimum Gasteiger partial charge on any atom is -0.338 e. The largest absolute Gasteiger partial charge is 0.338 e. The van der Waals surface area contributed by atoms with Crippen LogP contribution in [0.3, 0.4) is 0 Å². The van der Waals surface area contributed by atoms with Gasteiger partial charge in [0.25, 0.3) is 0 Å². The van der Waals surface area contributed by atoms with E-state index in [1.807, 2.05) is 40.8 Å². The van der Waals surface area contributed by atoms with Crippen molar-refractivity contribution in [3.63, 3.8) is 0 Å². The summed E-state index contributed by atoms with van der Waals surface area (Å²) in [4.78, 5) is 15.2. The highest BCUT2D eigenvalue weighted by Crippen LogP contribution is 2.15. The zero-order chi connectivity index (χ0) is 23.0. The molecule has 0 aliphatic rings. The van der Waals surface area contributed by atoms with Crippen molar-refractivity contribution in [3.05, 3.63) is 119 Å². The van der Waals surface area contributed by atoms with Crippen molar-refractivity contribution in [2.45, 2.75) is 39.7 Å². The lowest BCUT2D eigenvalue weighted by Gasteiger charge is -2.23. The Hall–Kier alpha value is -3.66. The van der Waals surface area contributed by atoms with Crippen LogP contribution in [0.4, 0.5) is 0 Å². The molecule has 4 rings (SSSR count). The lowest BCUT2D eigenvalue weighted by molar-refractivity contribution is -0.131. The minimum absolute atomic E-state index is 0.192. The maximum Gasteiger partial charge on any atom is 0.223 e. The molecule has 1 heterocycles. The molecule has 0 aliphatic heterocycles. The third-order valence-corrected chi connectivity index (χ3v) is 5.90. The summed E-state index contributed by atoms with van der Waals surface area (Å²) < 4.78 is 1.95. The Kier molecular flexibility index (Phi) is 7.36. The molecule has 0 fully saturated rings. The molecule has 3 aromatic carbocycles. The predicted octanol–water partition coefficient (Wildman–Crippen LogP) is 5.69. The number of benzene rings is 3. The first-order valence-electron chi connectivity index (χ1n) is 11.6. The molecular formula is C29H31N3O. The molecule has 4 nitrogen and oxygen atoms in total. The van der Waals surface area contributed by atoms with E-state index in [4.69, 9.17) is 0 Å². The maximum absolute atomic E-state index is 13.2. The van der Waals surface area contributed by atoms with E-state index in [1.165, 1.54) is 5.56 Å². The van der Waals surface area contributed by atoms with Gasteiger partial charge in [-0.1, -0.05) is 72.8 Å². The first-order chi connectivity index (χ1) is 16.1. The number of hydrogen-bond donors (Lipinski definition) is 0. The third kappa shape index (κ3) is 6.19. The van der Waals surface area contributed by atoms with Gasteiger partial charge in [0.15, 0.2) is 0 Å². The van der Waals surface area contributed by atoms with Crippen molar-refractivity contribution in [2.75, 3.05) is 6.54 Å². The number of hydrogen-bond acceptors (Lipinski definition) is 2. The van der Waals surface area contributed by atoms with Crippen LogP contribution in [0.2, 0.25) is 0 Å². The summed E-state index contributed by atoms with van der Waals surface area (Å²) in [6.45, 7) is 5.42. The molecule has 33 heavy (non-hydrogen) atoms.